The van der Waals surface area contributed by atoms with Gasteiger partial charge in [0.2, 0.25) is 0 Å². The molecule has 5 heteroatoms. The van der Waals surface area contributed by atoms with Crippen LogP contribution in [-0.4, -0.2) is 0 Å². The third-order valence-electron chi connectivity index (χ3n) is 4.02. The summed E-state index contributed by atoms with van der Waals surface area (Å²) in [7, 11) is 0. The van der Waals surface area contributed by atoms with Gasteiger partial charge in [0.1, 0.15) is 0 Å². The molecular formula is C18H14Cl2N2Pt. The molecule has 2 aromatic carbocycles. The molecule has 23 heavy (non-hydrogen) atoms. The van der Waals surface area contributed by atoms with Crippen molar-refractivity contribution in [1.29, 1.82) is 10.5 Å². The average Bonchev–Trinajstić information content (AvgIpc) is 2.43. The molecule has 0 saturated heterocycles. The molecule has 0 bridgehead atoms. The summed E-state index contributed by atoms with van der Waals surface area (Å²) in [5, 5.41) is 17.2. The van der Waals surface area contributed by atoms with E-state index in [1.165, 1.54) is 22.3 Å². The first-order valence-corrected chi connectivity index (χ1v) is 6.78. The van der Waals surface area contributed by atoms with Crippen molar-refractivity contribution in [2.45, 2.75) is 24.7 Å². The van der Waals surface area contributed by atoms with E-state index >= 15 is 0 Å². The zero-order valence-electron chi connectivity index (χ0n) is 12.2. The number of halogens is 2. The molecule has 0 fully saturated rings. The van der Waals surface area contributed by atoms with Gasteiger partial charge in [-0.15, -0.1) is 0 Å². The summed E-state index contributed by atoms with van der Waals surface area (Å²) >= 11 is 0. The molecule has 2 unspecified atom stereocenters. The molecule has 2 aliphatic carbocycles. The molecule has 0 radical (unpaired) electrons. The van der Waals surface area contributed by atoms with E-state index in [1.54, 1.807) is 0 Å². The van der Waals surface area contributed by atoms with Crippen LogP contribution in [0.2, 0.25) is 0 Å². The molecule has 2 aromatic rings. The minimum atomic E-state index is 0. The molecule has 0 amide bonds. The van der Waals surface area contributed by atoms with E-state index in [0.717, 1.165) is 12.8 Å². The normalized spacial score (nSPS) is 17.8. The predicted octanol–water partition coefficient (Wildman–Crippen LogP) is -2.29. The summed E-state index contributed by atoms with van der Waals surface area (Å²) in [5.74, 6) is 0.354. The minimum absolute atomic E-state index is 0. The Hall–Kier alpha value is -1.31. The smallest absolute Gasteiger partial charge is 1.00 e. The summed E-state index contributed by atoms with van der Waals surface area (Å²) in [4.78, 5) is 0. The van der Waals surface area contributed by atoms with Crippen molar-refractivity contribution >= 4 is 0 Å². The Morgan fingerprint density at radius 1 is 0.696 bits per heavy atom. The SMILES string of the molecule is N#CC1Cc2ccccc21.N#CC1Cc2ccccc21.[Cl-].[Cl-].[Pt+2]. The number of fused-ring (bicyclic) bond motifs is 2. The Morgan fingerprint density at radius 2 is 1.04 bits per heavy atom. The summed E-state index contributed by atoms with van der Waals surface area (Å²) in [5.41, 5.74) is 5.14. The fourth-order valence-corrected chi connectivity index (χ4v) is 2.75. The number of nitrogens with zero attached hydrogens (tertiary/aromatic N) is 2. The van der Waals surface area contributed by atoms with Gasteiger partial charge in [-0.1, -0.05) is 48.5 Å². The largest absolute Gasteiger partial charge is 2.00 e. The van der Waals surface area contributed by atoms with Crippen LogP contribution >= 0.6 is 0 Å². The fraction of sp³-hybridized carbons (Fsp3) is 0.222. The minimum Gasteiger partial charge on any atom is -1.00 e. The van der Waals surface area contributed by atoms with Gasteiger partial charge in [0.25, 0.3) is 0 Å². The van der Waals surface area contributed by atoms with Crippen molar-refractivity contribution in [2.75, 3.05) is 0 Å². The molecular weight excluding hydrogens is 510 g/mol. The number of hydrogen-bond acceptors (Lipinski definition) is 2. The maximum Gasteiger partial charge on any atom is 2.00 e. The number of nitriles is 2. The molecule has 0 aliphatic heterocycles. The molecule has 0 spiro atoms. The van der Waals surface area contributed by atoms with E-state index in [0.29, 0.717) is 0 Å². The van der Waals surface area contributed by atoms with Gasteiger partial charge >= 0.3 is 21.1 Å². The monoisotopic (exact) mass is 523 g/mol. The van der Waals surface area contributed by atoms with Crippen molar-refractivity contribution < 1.29 is 45.9 Å². The topological polar surface area (TPSA) is 47.6 Å². The van der Waals surface area contributed by atoms with Gasteiger partial charge < -0.3 is 24.8 Å². The van der Waals surface area contributed by atoms with Crippen molar-refractivity contribution in [3.05, 3.63) is 70.8 Å². The average molecular weight is 524 g/mol. The van der Waals surface area contributed by atoms with Gasteiger partial charge in [-0.25, -0.2) is 0 Å². The van der Waals surface area contributed by atoms with Gasteiger partial charge in [-0.05, 0) is 35.1 Å². The van der Waals surface area contributed by atoms with Crippen molar-refractivity contribution in [3.63, 3.8) is 0 Å². The van der Waals surface area contributed by atoms with Crippen LogP contribution in [0, 0.1) is 22.7 Å². The van der Waals surface area contributed by atoms with Gasteiger partial charge in [-0.2, -0.15) is 10.5 Å². The van der Waals surface area contributed by atoms with Crippen LogP contribution < -0.4 is 24.8 Å². The molecule has 0 heterocycles. The maximum atomic E-state index is 8.58. The first-order chi connectivity index (χ1) is 9.83. The van der Waals surface area contributed by atoms with Gasteiger partial charge in [-0.3, -0.25) is 0 Å². The Balaban J connectivity index is 0.000000372. The summed E-state index contributed by atoms with van der Waals surface area (Å²) in [6, 6.07) is 20.8. The third-order valence-corrected chi connectivity index (χ3v) is 4.02. The molecule has 0 aromatic heterocycles. The Kier molecular flexibility index (Phi) is 9.19. The molecule has 2 atom stereocenters. The van der Waals surface area contributed by atoms with Crippen molar-refractivity contribution in [3.8, 4) is 12.1 Å². The molecule has 120 valence electrons. The molecule has 2 nitrogen and oxygen atoms in total. The van der Waals surface area contributed by atoms with E-state index in [1.807, 2.05) is 36.4 Å². The van der Waals surface area contributed by atoms with E-state index in [-0.39, 0.29) is 57.7 Å². The van der Waals surface area contributed by atoms with E-state index < -0.39 is 0 Å². The molecule has 0 saturated carbocycles. The quantitative estimate of drug-likeness (QED) is 0.390. The van der Waals surface area contributed by atoms with E-state index in [4.69, 9.17) is 10.5 Å². The zero-order chi connectivity index (χ0) is 13.9. The van der Waals surface area contributed by atoms with Gasteiger partial charge in [0.15, 0.2) is 0 Å². The standard InChI is InChI=1S/2C9H7N.2ClH.Pt/c2*10-6-8-5-7-3-1-2-4-9(7)8;;;/h2*1-4,8H,5H2;2*1H;/q;;;;+2/p-2. The first kappa shape index (κ1) is 21.7. The van der Waals surface area contributed by atoms with Crippen LogP contribution in [-0.2, 0) is 33.9 Å². The van der Waals surface area contributed by atoms with Crippen LogP contribution in [0.1, 0.15) is 34.1 Å². The predicted molar refractivity (Wildman–Crippen MR) is 77.0 cm³/mol. The zero-order valence-corrected chi connectivity index (χ0v) is 15.9. The van der Waals surface area contributed by atoms with E-state index in [2.05, 4.69) is 24.3 Å². The van der Waals surface area contributed by atoms with E-state index in [9.17, 15) is 0 Å². The molecule has 0 N–H and O–H groups in total. The summed E-state index contributed by atoms with van der Waals surface area (Å²) < 4.78 is 0. The van der Waals surface area contributed by atoms with Gasteiger partial charge in [0, 0.05) is 0 Å². The number of hydrogen-bond donors (Lipinski definition) is 0. The Labute approximate surface area is 163 Å². The van der Waals surface area contributed by atoms with Crippen LogP contribution in [0.25, 0.3) is 0 Å². The van der Waals surface area contributed by atoms with Gasteiger partial charge in [0.05, 0.1) is 24.0 Å². The van der Waals surface area contributed by atoms with Crippen LogP contribution in [0.3, 0.4) is 0 Å². The molecule has 2 aliphatic rings. The summed E-state index contributed by atoms with van der Waals surface area (Å²) in [6.07, 6.45) is 1.90. The second-order valence-corrected chi connectivity index (χ2v) is 5.17. The number of benzene rings is 2. The second kappa shape index (κ2) is 9.74. The van der Waals surface area contributed by atoms with Crippen molar-refractivity contribution in [1.82, 2.24) is 0 Å². The Bertz CT molecular complexity index is 671. The third kappa shape index (κ3) is 4.36. The maximum absolute atomic E-state index is 8.58. The summed E-state index contributed by atoms with van der Waals surface area (Å²) in [6.45, 7) is 0. The first-order valence-electron chi connectivity index (χ1n) is 6.78. The number of rotatable bonds is 0. The van der Waals surface area contributed by atoms with Crippen LogP contribution in [0.4, 0.5) is 0 Å². The molecule has 4 rings (SSSR count). The fourth-order valence-electron chi connectivity index (χ4n) is 2.75. The Morgan fingerprint density at radius 3 is 1.35 bits per heavy atom. The van der Waals surface area contributed by atoms with Crippen molar-refractivity contribution in [2.24, 2.45) is 0 Å². The van der Waals surface area contributed by atoms with Crippen LogP contribution in [0.15, 0.2) is 48.5 Å². The second-order valence-electron chi connectivity index (χ2n) is 5.17. The van der Waals surface area contributed by atoms with Crippen LogP contribution in [0.5, 0.6) is 0 Å².